The first-order chi connectivity index (χ1) is 14.4. The molecular formula is C20H16F2N6O2. The average Bonchev–Trinajstić information content (AvgIpc) is 3.32. The lowest BCUT2D eigenvalue weighted by molar-refractivity contribution is 0.0994. The van der Waals surface area contributed by atoms with E-state index >= 15 is 0 Å². The Morgan fingerprint density at radius 2 is 2.03 bits per heavy atom. The molecule has 1 aliphatic rings. The van der Waals surface area contributed by atoms with Crippen molar-refractivity contribution in [1.82, 2.24) is 19.6 Å². The number of fused-ring (bicyclic) bond motifs is 2. The zero-order chi connectivity index (χ0) is 21.0. The van der Waals surface area contributed by atoms with Crippen molar-refractivity contribution in [3.05, 3.63) is 59.2 Å². The topological polar surface area (TPSA) is 118 Å². The van der Waals surface area contributed by atoms with E-state index in [0.717, 1.165) is 17.4 Å². The normalized spacial score (nSPS) is 14.0. The lowest BCUT2D eigenvalue weighted by atomic mass is 10.2. The van der Waals surface area contributed by atoms with Crippen LogP contribution >= 0.6 is 0 Å². The number of rotatable bonds is 5. The fraction of sp³-hybridized carbons (Fsp3) is 0.200. The summed E-state index contributed by atoms with van der Waals surface area (Å²) in [5.41, 5.74) is 7.17. The molecule has 2 amide bonds. The number of anilines is 1. The van der Waals surface area contributed by atoms with Crippen LogP contribution < -0.4 is 11.1 Å². The zero-order valence-electron chi connectivity index (χ0n) is 15.5. The van der Waals surface area contributed by atoms with Crippen molar-refractivity contribution in [2.75, 3.05) is 5.32 Å². The zero-order valence-corrected chi connectivity index (χ0v) is 15.5. The van der Waals surface area contributed by atoms with Gasteiger partial charge in [-0.15, -0.1) is 0 Å². The summed E-state index contributed by atoms with van der Waals surface area (Å²) in [5.74, 6) is -0.958. The van der Waals surface area contributed by atoms with Gasteiger partial charge in [0.15, 0.2) is 5.65 Å². The number of aromatic amines is 1. The highest BCUT2D eigenvalue weighted by Gasteiger charge is 2.29. The molecule has 0 atom stereocenters. The average molecular weight is 410 g/mol. The summed E-state index contributed by atoms with van der Waals surface area (Å²) in [7, 11) is 0. The molecule has 8 nitrogen and oxygen atoms in total. The number of aromatic nitrogens is 4. The minimum atomic E-state index is -2.74. The monoisotopic (exact) mass is 410 g/mol. The maximum Gasteiger partial charge on any atom is 0.280 e. The number of alkyl halides is 2. The van der Waals surface area contributed by atoms with Gasteiger partial charge in [-0.3, -0.25) is 9.59 Å². The highest BCUT2D eigenvalue weighted by Crippen LogP contribution is 2.40. The molecule has 3 heterocycles. The smallest absolute Gasteiger partial charge is 0.280 e. The molecule has 4 N–H and O–H groups in total. The number of hydrogen-bond acceptors (Lipinski definition) is 4. The Hall–Kier alpha value is -3.82. The van der Waals surface area contributed by atoms with Gasteiger partial charge in [0.2, 0.25) is 0 Å². The predicted octanol–water partition coefficient (Wildman–Crippen LogP) is 3.38. The standard InChI is InChI=1S/C20H16F2N6O2/c21-17(22)16-7-14(9-1-2-9)27-19-12(8-24-28(16)19)20(30)25-11-3-4-13-10(5-11)6-15(26-13)18(23)29/h3-9,17,26H,1-2H2,(H2,23,29)(H,25,30). The van der Waals surface area contributed by atoms with Crippen molar-refractivity contribution in [2.24, 2.45) is 5.73 Å². The summed E-state index contributed by atoms with van der Waals surface area (Å²) in [6.45, 7) is 0. The van der Waals surface area contributed by atoms with Crippen molar-refractivity contribution >= 4 is 34.1 Å². The minimum Gasteiger partial charge on any atom is -0.364 e. The molecule has 0 aliphatic heterocycles. The third-order valence-electron chi connectivity index (χ3n) is 5.13. The maximum absolute atomic E-state index is 13.5. The predicted molar refractivity (Wildman–Crippen MR) is 105 cm³/mol. The Morgan fingerprint density at radius 3 is 2.73 bits per heavy atom. The van der Waals surface area contributed by atoms with E-state index in [1.54, 1.807) is 24.3 Å². The minimum absolute atomic E-state index is 0.103. The second-order valence-electron chi connectivity index (χ2n) is 7.28. The number of nitrogens with one attached hydrogen (secondary N) is 2. The van der Waals surface area contributed by atoms with E-state index in [0.29, 0.717) is 22.3 Å². The fourth-order valence-corrected chi connectivity index (χ4v) is 3.45. The molecule has 0 bridgehead atoms. The fourth-order valence-electron chi connectivity index (χ4n) is 3.45. The number of carbonyl (C=O) groups excluding carboxylic acids is 2. The molecule has 0 unspecified atom stereocenters. The van der Waals surface area contributed by atoms with Crippen LogP contribution in [0.4, 0.5) is 14.5 Å². The molecule has 1 aliphatic carbocycles. The molecule has 1 fully saturated rings. The highest BCUT2D eigenvalue weighted by molar-refractivity contribution is 6.09. The number of halogens is 2. The van der Waals surface area contributed by atoms with Gasteiger partial charge in [0, 0.05) is 28.2 Å². The van der Waals surface area contributed by atoms with Gasteiger partial charge < -0.3 is 16.0 Å². The lowest BCUT2D eigenvalue weighted by Crippen LogP contribution is -2.13. The van der Waals surface area contributed by atoms with Gasteiger partial charge in [-0.1, -0.05) is 0 Å². The van der Waals surface area contributed by atoms with Crippen LogP contribution in [0, 0.1) is 0 Å². The Labute approximate surface area is 168 Å². The van der Waals surface area contributed by atoms with Gasteiger partial charge in [0.05, 0.1) is 6.20 Å². The van der Waals surface area contributed by atoms with E-state index in [4.69, 9.17) is 5.73 Å². The van der Waals surface area contributed by atoms with Crippen LogP contribution in [-0.4, -0.2) is 31.4 Å². The first-order valence-corrected chi connectivity index (χ1v) is 9.31. The summed E-state index contributed by atoms with van der Waals surface area (Å²) < 4.78 is 28.0. The van der Waals surface area contributed by atoms with Crippen molar-refractivity contribution < 1.29 is 18.4 Å². The van der Waals surface area contributed by atoms with Crippen LogP contribution in [0.5, 0.6) is 0 Å². The quantitative estimate of drug-likeness (QED) is 0.467. The summed E-state index contributed by atoms with van der Waals surface area (Å²) in [6.07, 6.45) is 0.288. The van der Waals surface area contributed by atoms with E-state index < -0.39 is 18.2 Å². The molecular weight excluding hydrogens is 394 g/mol. The van der Waals surface area contributed by atoms with Crippen molar-refractivity contribution in [3.63, 3.8) is 0 Å². The first-order valence-electron chi connectivity index (χ1n) is 9.31. The second-order valence-corrected chi connectivity index (χ2v) is 7.28. The van der Waals surface area contributed by atoms with Crippen LogP contribution in [0.25, 0.3) is 16.6 Å². The summed E-state index contributed by atoms with van der Waals surface area (Å²) in [6, 6.07) is 7.98. The summed E-state index contributed by atoms with van der Waals surface area (Å²) in [5, 5.41) is 7.37. The van der Waals surface area contributed by atoms with Crippen LogP contribution in [0.15, 0.2) is 36.5 Å². The number of H-pyrrole nitrogens is 1. The molecule has 10 heteroatoms. The Bertz CT molecular complexity index is 1320. The van der Waals surface area contributed by atoms with E-state index in [-0.39, 0.29) is 28.5 Å². The van der Waals surface area contributed by atoms with E-state index in [1.165, 1.54) is 12.3 Å². The molecule has 152 valence electrons. The largest absolute Gasteiger partial charge is 0.364 e. The first kappa shape index (κ1) is 18.2. The highest BCUT2D eigenvalue weighted by atomic mass is 19.3. The molecule has 5 rings (SSSR count). The van der Waals surface area contributed by atoms with E-state index in [1.807, 2.05) is 0 Å². The molecule has 0 radical (unpaired) electrons. The van der Waals surface area contributed by atoms with Crippen LogP contribution in [-0.2, 0) is 0 Å². The third-order valence-corrected chi connectivity index (χ3v) is 5.13. The Morgan fingerprint density at radius 1 is 1.23 bits per heavy atom. The number of nitrogens with two attached hydrogens (primary N) is 1. The van der Waals surface area contributed by atoms with Gasteiger partial charge in [-0.25, -0.2) is 18.3 Å². The van der Waals surface area contributed by atoms with Crippen LogP contribution in [0.1, 0.15) is 57.4 Å². The molecule has 1 saturated carbocycles. The summed E-state index contributed by atoms with van der Waals surface area (Å²) >= 11 is 0. The number of primary amides is 1. The lowest BCUT2D eigenvalue weighted by Gasteiger charge is -2.08. The maximum atomic E-state index is 13.5. The number of benzene rings is 1. The van der Waals surface area contributed by atoms with Crippen molar-refractivity contribution in [1.29, 1.82) is 0 Å². The van der Waals surface area contributed by atoms with Gasteiger partial charge in [0.25, 0.3) is 18.2 Å². The number of carbonyl (C=O) groups is 2. The Balaban J connectivity index is 1.50. The van der Waals surface area contributed by atoms with E-state index in [2.05, 4.69) is 20.4 Å². The van der Waals surface area contributed by atoms with Gasteiger partial charge >= 0.3 is 0 Å². The number of amides is 2. The second kappa shape index (κ2) is 6.61. The van der Waals surface area contributed by atoms with Crippen molar-refractivity contribution in [3.8, 4) is 0 Å². The molecule has 0 saturated heterocycles. The molecule has 3 aromatic heterocycles. The van der Waals surface area contributed by atoms with E-state index in [9.17, 15) is 18.4 Å². The van der Waals surface area contributed by atoms with Gasteiger partial charge in [-0.2, -0.15) is 5.10 Å². The molecule has 30 heavy (non-hydrogen) atoms. The number of hydrogen-bond donors (Lipinski definition) is 3. The molecule has 0 spiro atoms. The molecule has 1 aromatic carbocycles. The Kier molecular flexibility index (Phi) is 4.02. The van der Waals surface area contributed by atoms with Crippen LogP contribution in [0.3, 0.4) is 0 Å². The number of nitrogens with zero attached hydrogens (tertiary/aromatic N) is 3. The van der Waals surface area contributed by atoms with Gasteiger partial charge in [-0.05, 0) is 43.2 Å². The summed E-state index contributed by atoms with van der Waals surface area (Å²) in [4.78, 5) is 31.5. The van der Waals surface area contributed by atoms with Crippen molar-refractivity contribution in [2.45, 2.75) is 25.2 Å². The molecule has 4 aromatic rings. The third kappa shape index (κ3) is 3.06. The van der Waals surface area contributed by atoms with Gasteiger partial charge in [0.1, 0.15) is 17.0 Å². The SMILES string of the molecule is NC(=O)c1cc2cc(NC(=O)c3cnn4c(C(F)F)cc(C5CC5)nc34)ccc2[nH]1. The van der Waals surface area contributed by atoms with Crippen LogP contribution in [0.2, 0.25) is 0 Å².